The Bertz CT molecular complexity index is 866. The van der Waals surface area contributed by atoms with Gasteiger partial charge in [-0.05, 0) is 40.5 Å². The lowest BCUT2D eigenvalue weighted by Gasteiger charge is -2.31. The standard InChI is InChI=1S/C36H62N2O6/c1-6-7-8-9-10-11-12-13-14-15-16-17-18-19-20-21-30(31(39)37(22-33(2)26-41-33)23-34(3)27-42-34)32(40)38(24-35(4)28-43-35)25-36(5)29-44-36/h21H,6-20,22-29H2,1-5H3. The van der Waals surface area contributed by atoms with Crippen molar-refractivity contribution in [3.63, 3.8) is 0 Å². The number of nitrogens with zero attached hydrogens (tertiary/aromatic N) is 2. The van der Waals surface area contributed by atoms with Crippen LogP contribution < -0.4 is 0 Å². The Morgan fingerprint density at radius 3 is 1.07 bits per heavy atom. The fourth-order valence-corrected chi connectivity index (χ4v) is 6.06. The van der Waals surface area contributed by atoms with Crippen LogP contribution in [0.1, 0.15) is 131 Å². The Hall–Kier alpha value is -1.48. The van der Waals surface area contributed by atoms with E-state index in [1.807, 2.05) is 33.8 Å². The van der Waals surface area contributed by atoms with Gasteiger partial charge in [-0.3, -0.25) is 9.59 Å². The van der Waals surface area contributed by atoms with Crippen LogP contribution in [0.2, 0.25) is 0 Å². The average Bonchev–Trinajstić information content (AvgIpc) is 3.84. The van der Waals surface area contributed by atoms with Crippen molar-refractivity contribution in [3.8, 4) is 0 Å². The Kier molecular flexibility index (Phi) is 12.8. The predicted molar refractivity (Wildman–Crippen MR) is 174 cm³/mol. The minimum Gasteiger partial charge on any atom is -0.368 e. The first-order chi connectivity index (χ1) is 21.0. The lowest BCUT2D eigenvalue weighted by atomic mass is 10.0. The molecular weight excluding hydrogens is 556 g/mol. The van der Waals surface area contributed by atoms with Crippen LogP contribution in [0, 0.1) is 0 Å². The summed E-state index contributed by atoms with van der Waals surface area (Å²) in [6.07, 6.45) is 20.9. The van der Waals surface area contributed by atoms with Gasteiger partial charge in [-0.1, -0.05) is 96.5 Å². The third-order valence-electron chi connectivity index (χ3n) is 9.59. The quantitative estimate of drug-likeness (QED) is 0.0377. The Morgan fingerprint density at radius 2 is 0.795 bits per heavy atom. The van der Waals surface area contributed by atoms with Crippen molar-refractivity contribution in [3.05, 3.63) is 11.6 Å². The van der Waals surface area contributed by atoms with Crippen LogP contribution >= 0.6 is 0 Å². The van der Waals surface area contributed by atoms with Crippen molar-refractivity contribution >= 4 is 11.8 Å². The average molecular weight is 619 g/mol. The molecule has 0 N–H and O–H groups in total. The van der Waals surface area contributed by atoms with Gasteiger partial charge in [0.15, 0.2) is 0 Å². The molecule has 0 saturated carbocycles. The van der Waals surface area contributed by atoms with Crippen LogP contribution in [-0.2, 0) is 28.5 Å². The minimum atomic E-state index is -0.353. The molecule has 4 heterocycles. The smallest absolute Gasteiger partial charge is 0.259 e. The first-order valence-corrected chi connectivity index (χ1v) is 17.8. The molecule has 4 aliphatic rings. The molecule has 8 heteroatoms. The fourth-order valence-electron chi connectivity index (χ4n) is 6.06. The zero-order valence-corrected chi connectivity index (χ0v) is 28.7. The zero-order chi connectivity index (χ0) is 31.7. The van der Waals surface area contributed by atoms with Crippen molar-refractivity contribution in [2.75, 3.05) is 52.6 Å². The predicted octanol–water partition coefficient (Wildman–Crippen LogP) is 6.60. The molecule has 0 bridgehead atoms. The highest BCUT2D eigenvalue weighted by Gasteiger charge is 2.50. The molecule has 4 saturated heterocycles. The molecule has 4 fully saturated rings. The van der Waals surface area contributed by atoms with Crippen molar-refractivity contribution in [2.24, 2.45) is 0 Å². The monoisotopic (exact) mass is 618 g/mol. The van der Waals surface area contributed by atoms with E-state index in [1.165, 1.54) is 77.0 Å². The third kappa shape index (κ3) is 12.4. The lowest BCUT2D eigenvalue weighted by Crippen LogP contribution is -2.49. The highest BCUT2D eigenvalue weighted by molar-refractivity contribution is 6.18. The molecule has 2 amide bonds. The van der Waals surface area contributed by atoms with Crippen LogP contribution in [0.25, 0.3) is 0 Å². The topological polar surface area (TPSA) is 90.7 Å². The fraction of sp³-hybridized carbons (Fsp3) is 0.889. The van der Waals surface area contributed by atoms with Crippen LogP contribution in [0.5, 0.6) is 0 Å². The maximum atomic E-state index is 14.2. The summed E-state index contributed by atoms with van der Waals surface area (Å²) in [5.41, 5.74) is -1.15. The number of epoxide rings is 4. The highest BCUT2D eigenvalue weighted by atomic mass is 16.6. The molecule has 252 valence electrons. The van der Waals surface area contributed by atoms with E-state index in [0.29, 0.717) is 52.6 Å². The molecule has 44 heavy (non-hydrogen) atoms. The summed E-state index contributed by atoms with van der Waals surface area (Å²) in [4.78, 5) is 31.9. The summed E-state index contributed by atoms with van der Waals surface area (Å²) < 4.78 is 22.6. The van der Waals surface area contributed by atoms with Gasteiger partial charge in [0, 0.05) is 0 Å². The van der Waals surface area contributed by atoms with E-state index in [4.69, 9.17) is 18.9 Å². The minimum absolute atomic E-state index is 0.220. The largest absolute Gasteiger partial charge is 0.368 e. The number of amides is 2. The van der Waals surface area contributed by atoms with Crippen molar-refractivity contribution in [2.45, 2.75) is 153 Å². The molecule has 4 rings (SSSR count). The second kappa shape index (κ2) is 15.9. The van der Waals surface area contributed by atoms with Gasteiger partial charge in [0.1, 0.15) is 28.0 Å². The van der Waals surface area contributed by atoms with E-state index in [2.05, 4.69) is 6.92 Å². The van der Waals surface area contributed by atoms with Gasteiger partial charge in [-0.15, -0.1) is 0 Å². The highest BCUT2D eigenvalue weighted by Crippen LogP contribution is 2.34. The van der Waals surface area contributed by atoms with E-state index in [0.717, 1.165) is 19.3 Å². The molecule has 0 radical (unpaired) electrons. The first kappa shape index (κ1) is 35.4. The van der Waals surface area contributed by atoms with Crippen molar-refractivity contribution < 1.29 is 28.5 Å². The van der Waals surface area contributed by atoms with E-state index >= 15 is 0 Å². The van der Waals surface area contributed by atoms with E-state index in [1.54, 1.807) is 9.80 Å². The Morgan fingerprint density at radius 1 is 0.523 bits per heavy atom. The van der Waals surface area contributed by atoms with E-state index in [-0.39, 0.29) is 39.8 Å². The number of allylic oxidation sites excluding steroid dienone is 1. The van der Waals surface area contributed by atoms with Gasteiger partial charge in [0.25, 0.3) is 11.8 Å². The van der Waals surface area contributed by atoms with Crippen molar-refractivity contribution in [1.29, 1.82) is 0 Å². The molecular formula is C36H62N2O6. The molecule has 4 unspecified atom stereocenters. The summed E-state index contributed by atoms with van der Waals surface area (Å²) in [5, 5.41) is 0. The Labute approximate surface area is 267 Å². The van der Waals surface area contributed by atoms with Gasteiger partial charge >= 0.3 is 0 Å². The van der Waals surface area contributed by atoms with Crippen LogP contribution in [0.4, 0.5) is 0 Å². The normalized spacial score (nSPS) is 29.7. The summed E-state index contributed by atoms with van der Waals surface area (Å²) in [5.74, 6) is -0.440. The Balaban J connectivity index is 1.28. The summed E-state index contributed by atoms with van der Waals surface area (Å²) >= 11 is 0. The number of unbranched alkanes of at least 4 members (excludes halogenated alkanes) is 14. The first-order valence-electron chi connectivity index (χ1n) is 17.8. The van der Waals surface area contributed by atoms with E-state index < -0.39 is 0 Å². The van der Waals surface area contributed by atoms with E-state index in [9.17, 15) is 9.59 Å². The van der Waals surface area contributed by atoms with Gasteiger partial charge in [-0.25, -0.2) is 0 Å². The number of carbonyl (C=O) groups excluding carboxylic acids is 2. The summed E-state index contributed by atoms with van der Waals surface area (Å²) in [7, 11) is 0. The second-order valence-electron chi connectivity index (χ2n) is 15.3. The van der Waals surface area contributed by atoms with Gasteiger partial charge < -0.3 is 28.7 Å². The van der Waals surface area contributed by atoms with Gasteiger partial charge in [-0.2, -0.15) is 0 Å². The molecule has 4 aliphatic heterocycles. The number of hydrogen-bond donors (Lipinski definition) is 0. The third-order valence-corrected chi connectivity index (χ3v) is 9.59. The molecule has 0 spiro atoms. The lowest BCUT2D eigenvalue weighted by molar-refractivity contribution is -0.136. The molecule has 0 aliphatic carbocycles. The molecule has 0 aromatic heterocycles. The van der Waals surface area contributed by atoms with Gasteiger partial charge in [0.05, 0.1) is 52.6 Å². The second-order valence-corrected chi connectivity index (χ2v) is 15.3. The molecule has 4 atom stereocenters. The maximum absolute atomic E-state index is 14.2. The van der Waals surface area contributed by atoms with Crippen LogP contribution in [-0.4, -0.2) is 96.6 Å². The summed E-state index contributed by atoms with van der Waals surface area (Å²) in [6.45, 7) is 14.7. The number of rotatable bonds is 25. The number of ether oxygens (including phenoxy) is 4. The SMILES string of the molecule is CCCCCCCCCCCCCCCCC=C(C(=O)N(CC1(C)CO1)CC1(C)CO1)C(=O)N(CC1(C)CO1)CC1(C)CO1. The number of carbonyl (C=O) groups is 2. The zero-order valence-electron chi connectivity index (χ0n) is 28.7. The van der Waals surface area contributed by atoms with Crippen molar-refractivity contribution in [1.82, 2.24) is 9.80 Å². The van der Waals surface area contributed by atoms with Gasteiger partial charge in [0.2, 0.25) is 0 Å². The van der Waals surface area contributed by atoms with Crippen LogP contribution in [0.3, 0.4) is 0 Å². The van der Waals surface area contributed by atoms with Crippen LogP contribution in [0.15, 0.2) is 11.6 Å². The molecule has 0 aromatic rings. The molecule has 0 aromatic carbocycles. The number of hydrogen-bond acceptors (Lipinski definition) is 6. The molecule has 8 nitrogen and oxygen atoms in total. The summed E-state index contributed by atoms with van der Waals surface area (Å²) in [6, 6.07) is 0. The maximum Gasteiger partial charge on any atom is 0.259 e.